The van der Waals surface area contributed by atoms with Gasteiger partial charge in [0.2, 0.25) is 17.7 Å². The summed E-state index contributed by atoms with van der Waals surface area (Å²) in [6.07, 6.45) is 4.61. The standard InChI is InChI=1S/C22H31N3O5/c1-29-18-9-8-17(14-19(18)30-2)25-15-16(13-21(25)27)22(28)23-10-4-6-12-24-11-5-3-7-20(24)26/h8-9,14,16H,3-7,10-13,15H2,1-2H3,(H,23,28)/t16-/m0/s1. The number of methoxy groups -OCH3 is 2. The first-order valence-corrected chi connectivity index (χ1v) is 10.6. The average molecular weight is 418 g/mol. The zero-order valence-electron chi connectivity index (χ0n) is 17.8. The number of nitrogens with zero attached hydrogens (tertiary/aromatic N) is 2. The summed E-state index contributed by atoms with van der Waals surface area (Å²) in [5, 5.41) is 2.94. The van der Waals surface area contributed by atoms with Crippen LogP contribution in [0, 0.1) is 5.92 Å². The van der Waals surface area contributed by atoms with Crippen LogP contribution in [0.5, 0.6) is 11.5 Å². The molecule has 2 aliphatic heterocycles. The predicted octanol–water partition coefficient (Wildman–Crippen LogP) is 1.97. The highest BCUT2D eigenvalue weighted by Gasteiger charge is 2.35. The summed E-state index contributed by atoms with van der Waals surface area (Å²) in [4.78, 5) is 40.3. The number of hydrogen-bond acceptors (Lipinski definition) is 5. The number of carbonyl (C=O) groups excluding carboxylic acids is 3. The van der Waals surface area contributed by atoms with Crippen LogP contribution in [-0.2, 0) is 14.4 Å². The van der Waals surface area contributed by atoms with Crippen molar-refractivity contribution in [1.82, 2.24) is 10.2 Å². The third-order valence-electron chi connectivity index (χ3n) is 5.75. The van der Waals surface area contributed by atoms with E-state index in [9.17, 15) is 14.4 Å². The smallest absolute Gasteiger partial charge is 0.227 e. The van der Waals surface area contributed by atoms with Crippen LogP contribution in [0.1, 0.15) is 38.5 Å². The fourth-order valence-electron chi connectivity index (χ4n) is 4.01. The first-order chi connectivity index (χ1) is 14.5. The van der Waals surface area contributed by atoms with Gasteiger partial charge < -0.3 is 24.6 Å². The Morgan fingerprint density at radius 1 is 1.10 bits per heavy atom. The molecule has 0 spiro atoms. The van der Waals surface area contributed by atoms with Gasteiger partial charge in [-0.1, -0.05) is 0 Å². The van der Waals surface area contributed by atoms with Crippen molar-refractivity contribution in [1.29, 1.82) is 0 Å². The Kier molecular flexibility index (Phi) is 7.54. The van der Waals surface area contributed by atoms with Crippen LogP contribution in [0.15, 0.2) is 18.2 Å². The van der Waals surface area contributed by atoms with Crippen molar-refractivity contribution < 1.29 is 23.9 Å². The molecule has 164 valence electrons. The third-order valence-corrected chi connectivity index (χ3v) is 5.75. The highest BCUT2D eigenvalue weighted by atomic mass is 16.5. The maximum atomic E-state index is 12.5. The van der Waals surface area contributed by atoms with E-state index in [1.807, 2.05) is 4.90 Å². The Bertz CT molecular complexity index is 782. The van der Waals surface area contributed by atoms with E-state index in [2.05, 4.69) is 5.32 Å². The number of hydrogen-bond donors (Lipinski definition) is 1. The first-order valence-electron chi connectivity index (χ1n) is 10.6. The first kappa shape index (κ1) is 21.9. The Labute approximate surface area is 177 Å². The maximum absolute atomic E-state index is 12.5. The Hall–Kier alpha value is -2.77. The van der Waals surface area contributed by atoms with Gasteiger partial charge in [-0.25, -0.2) is 0 Å². The van der Waals surface area contributed by atoms with Gasteiger partial charge in [0.15, 0.2) is 11.5 Å². The molecule has 3 amide bonds. The molecule has 2 fully saturated rings. The highest BCUT2D eigenvalue weighted by molar-refractivity contribution is 6.00. The Morgan fingerprint density at radius 3 is 2.63 bits per heavy atom. The number of carbonyl (C=O) groups is 3. The van der Waals surface area contributed by atoms with Gasteiger partial charge in [-0.2, -0.15) is 0 Å². The molecule has 2 saturated heterocycles. The van der Waals surface area contributed by atoms with E-state index in [4.69, 9.17) is 9.47 Å². The number of nitrogens with one attached hydrogen (secondary N) is 1. The number of anilines is 1. The van der Waals surface area contributed by atoms with E-state index in [1.165, 1.54) is 0 Å². The molecule has 1 N–H and O–H groups in total. The van der Waals surface area contributed by atoms with Crippen molar-refractivity contribution in [3.63, 3.8) is 0 Å². The molecule has 0 aromatic heterocycles. The van der Waals surface area contributed by atoms with E-state index in [-0.39, 0.29) is 30.1 Å². The Morgan fingerprint density at radius 2 is 1.90 bits per heavy atom. The number of likely N-dealkylation sites (tertiary alicyclic amines) is 1. The molecule has 30 heavy (non-hydrogen) atoms. The van der Waals surface area contributed by atoms with Crippen molar-refractivity contribution in [3.8, 4) is 11.5 Å². The lowest BCUT2D eigenvalue weighted by molar-refractivity contribution is -0.133. The largest absolute Gasteiger partial charge is 0.493 e. The van der Waals surface area contributed by atoms with Crippen molar-refractivity contribution >= 4 is 23.4 Å². The number of benzene rings is 1. The van der Waals surface area contributed by atoms with Gasteiger partial charge in [-0.05, 0) is 37.8 Å². The van der Waals surface area contributed by atoms with Gasteiger partial charge in [-0.3, -0.25) is 14.4 Å². The number of rotatable bonds is 9. The zero-order chi connectivity index (χ0) is 21.5. The molecular weight excluding hydrogens is 386 g/mol. The van der Waals surface area contributed by atoms with E-state index in [1.54, 1.807) is 37.3 Å². The number of piperidine rings is 1. The molecule has 1 aromatic carbocycles. The van der Waals surface area contributed by atoms with E-state index >= 15 is 0 Å². The predicted molar refractivity (Wildman–Crippen MR) is 113 cm³/mol. The molecule has 2 heterocycles. The molecule has 0 saturated carbocycles. The van der Waals surface area contributed by atoms with Crippen LogP contribution in [-0.4, -0.2) is 63.0 Å². The second-order valence-corrected chi connectivity index (χ2v) is 7.78. The SMILES string of the molecule is COc1ccc(N2C[C@@H](C(=O)NCCCCN3CCCCC3=O)CC2=O)cc1OC. The minimum absolute atomic E-state index is 0.0778. The molecular formula is C22H31N3O5. The zero-order valence-corrected chi connectivity index (χ0v) is 17.8. The summed E-state index contributed by atoms with van der Waals surface area (Å²) in [7, 11) is 3.11. The number of amides is 3. The van der Waals surface area contributed by atoms with E-state index in [0.717, 1.165) is 38.8 Å². The minimum Gasteiger partial charge on any atom is -0.493 e. The molecule has 2 aliphatic rings. The average Bonchev–Trinajstić information content (AvgIpc) is 3.15. The molecule has 0 aliphatic carbocycles. The normalized spacial score (nSPS) is 19.2. The monoisotopic (exact) mass is 417 g/mol. The summed E-state index contributed by atoms with van der Waals surface area (Å²) in [6.45, 7) is 2.51. The second kappa shape index (κ2) is 10.3. The molecule has 3 rings (SSSR count). The molecule has 8 nitrogen and oxygen atoms in total. The molecule has 1 aromatic rings. The second-order valence-electron chi connectivity index (χ2n) is 7.78. The summed E-state index contributed by atoms with van der Waals surface area (Å²) >= 11 is 0. The van der Waals surface area contributed by atoms with Gasteiger partial charge in [0.05, 0.1) is 20.1 Å². The molecule has 1 atom stereocenters. The van der Waals surface area contributed by atoms with Crippen LogP contribution < -0.4 is 19.7 Å². The van der Waals surface area contributed by atoms with E-state index in [0.29, 0.717) is 36.7 Å². The summed E-state index contributed by atoms with van der Waals surface area (Å²) < 4.78 is 10.5. The van der Waals surface area contributed by atoms with Gasteiger partial charge in [0, 0.05) is 50.8 Å². The lowest BCUT2D eigenvalue weighted by Crippen LogP contribution is -2.36. The van der Waals surface area contributed by atoms with Crippen LogP contribution >= 0.6 is 0 Å². The molecule has 8 heteroatoms. The summed E-state index contributed by atoms with van der Waals surface area (Å²) in [6, 6.07) is 5.29. The number of ether oxygens (including phenoxy) is 2. The third kappa shape index (κ3) is 5.23. The fourth-order valence-corrected chi connectivity index (χ4v) is 4.01. The van der Waals surface area contributed by atoms with Crippen molar-refractivity contribution in [3.05, 3.63) is 18.2 Å². The van der Waals surface area contributed by atoms with E-state index < -0.39 is 0 Å². The van der Waals surface area contributed by atoms with Crippen molar-refractivity contribution in [2.24, 2.45) is 5.92 Å². The van der Waals surface area contributed by atoms with Crippen molar-refractivity contribution in [2.75, 3.05) is 45.3 Å². The topological polar surface area (TPSA) is 88.2 Å². The van der Waals surface area contributed by atoms with Gasteiger partial charge in [0.1, 0.15) is 0 Å². The molecule has 0 radical (unpaired) electrons. The summed E-state index contributed by atoms with van der Waals surface area (Å²) in [5.41, 5.74) is 0.694. The molecule has 0 unspecified atom stereocenters. The number of unbranched alkanes of at least 4 members (excludes halogenated alkanes) is 1. The maximum Gasteiger partial charge on any atom is 0.227 e. The van der Waals surface area contributed by atoms with Gasteiger partial charge in [0.25, 0.3) is 0 Å². The summed E-state index contributed by atoms with van der Waals surface area (Å²) in [5.74, 6) is 0.835. The lowest BCUT2D eigenvalue weighted by Gasteiger charge is -2.26. The van der Waals surface area contributed by atoms with Crippen LogP contribution in [0.2, 0.25) is 0 Å². The van der Waals surface area contributed by atoms with Gasteiger partial charge >= 0.3 is 0 Å². The van der Waals surface area contributed by atoms with Crippen LogP contribution in [0.3, 0.4) is 0 Å². The highest BCUT2D eigenvalue weighted by Crippen LogP contribution is 2.34. The van der Waals surface area contributed by atoms with Gasteiger partial charge in [-0.15, -0.1) is 0 Å². The molecule has 0 bridgehead atoms. The minimum atomic E-state index is -0.366. The van der Waals surface area contributed by atoms with Crippen LogP contribution in [0.25, 0.3) is 0 Å². The fraction of sp³-hybridized carbons (Fsp3) is 0.591. The lowest BCUT2D eigenvalue weighted by atomic mass is 10.1. The van der Waals surface area contributed by atoms with Crippen LogP contribution in [0.4, 0.5) is 5.69 Å². The Balaban J connectivity index is 1.44. The van der Waals surface area contributed by atoms with Crippen molar-refractivity contribution in [2.45, 2.75) is 38.5 Å². The quantitative estimate of drug-likeness (QED) is 0.621.